The fourth-order valence-corrected chi connectivity index (χ4v) is 1.99. The lowest BCUT2D eigenvalue weighted by molar-refractivity contribution is -0.384. The summed E-state index contributed by atoms with van der Waals surface area (Å²) in [5.74, 6) is 1.31. The number of hydrogen-bond donors (Lipinski definition) is 1. The van der Waals surface area contributed by atoms with Crippen molar-refractivity contribution in [3.05, 3.63) is 52.1 Å². The van der Waals surface area contributed by atoms with Crippen LogP contribution in [-0.4, -0.2) is 24.1 Å². The first kappa shape index (κ1) is 14.6. The zero-order valence-electron chi connectivity index (χ0n) is 11.8. The van der Waals surface area contributed by atoms with Gasteiger partial charge in [-0.3, -0.25) is 10.1 Å². The number of hydrogen-bond acceptors (Lipinski definition) is 6. The highest BCUT2D eigenvalue weighted by molar-refractivity contribution is 5.54. The van der Waals surface area contributed by atoms with Crippen LogP contribution in [0.3, 0.4) is 0 Å². The van der Waals surface area contributed by atoms with Gasteiger partial charge < -0.3 is 15.4 Å². The van der Waals surface area contributed by atoms with Crippen molar-refractivity contribution in [1.29, 1.82) is 0 Å². The second kappa shape index (κ2) is 6.08. The molecule has 0 unspecified atom stereocenters. The van der Waals surface area contributed by atoms with E-state index >= 15 is 0 Å². The maximum Gasteiger partial charge on any atom is 0.276 e. The van der Waals surface area contributed by atoms with E-state index in [1.807, 2.05) is 24.3 Å². The van der Waals surface area contributed by atoms with E-state index in [1.165, 1.54) is 12.1 Å². The zero-order valence-corrected chi connectivity index (χ0v) is 11.8. The maximum absolute atomic E-state index is 10.9. The summed E-state index contributed by atoms with van der Waals surface area (Å²) in [4.78, 5) is 16.3. The van der Waals surface area contributed by atoms with E-state index < -0.39 is 4.92 Å². The van der Waals surface area contributed by atoms with Crippen molar-refractivity contribution in [3.8, 4) is 5.75 Å². The summed E-state index contributed by atoms with van der Waals surface area (Å²) in [5.41, 5.74) is 6.49. The van der Waals surface area contributed by atoms with Gasteiger partial charge in [-0.25, -0.2) is 4.98 Å². The monoisotopic (exact) mass is 288 g/mol. The molecule has 0 saturated carbocycles. The number of ether oxygens (including phenoxy) is 1. The Morgan fingerprint density at radius 3 is 2.76 bits per heavy atom. The van der Waals surface area contributed by atoms with Crippen molar-refractivity contribution < 1.29 is 9.66 Å². The molecule has 21 heavy (non-hydrogen) atoms. The molecule has 1 aromatic heterocycles. The smallest absolute Gasteiger partial charge is 0.276 e. The summed E-state index contributed by atoms with van der Waals surface area (Å²) < 4.78 is 5.29. The van der Waals surface area contributed by atoms with Gasteiger partial charge in [-0.1, -0.05) is 18.2 Å². The number of nitrogens with zero attached hydrogens (tertiary/aromatic N) is 3. The Morgan fingerprint density at radius 1 is 1.38 bits per heavy atom. The first-order chi connectivity index (χ1) is 10.0. The topological polar surface area (TPSA) is 94.5 Å². The SMILES string of the molecule is COc1ccccc1CN(C)c1cc([N+](=O)[O-])cc(N)n1. The molecule has 7 heteroatoms. The third kappa shape index (κ3) is 3.38. The van der Waals surface area contributed by atoms with Crippen LogP contribution in [0.2, 0.25) is 0 Å². The Labute approximate surface area is 122 Å². The van der Waals surface area contributed by atoms with E-state index in [0.29, 0.717) is 12.4 Å². The molecule has 0 fully saturated rings. The summed E-state index contributed by atoms with van der Waals surface area (Å²) in [5, 5.41) is 10.9. The van der Waals surface area contributed by atoms with Crippen LogP contribution in [0, 0.1) is 10.1 Å². The molecule has 1 heterocycles. The summed E-state index contributed by atoms with van der Waals surface area (Å²) in [6.07, 6.45) is 0. The van der Waals surface area contributed by atoms with Crippen LogP contribution in [0.25, 0.3) is 0 Å². The highest BCUT2D eigenvalue weighted by Crippen LogP contribution is 2.24. The van der Waals surface area contributed by atoms with Crippen molar-refractivity contribution in [3.63, 3.8) is 0 Å². The molecule has 0 amide bonds. The molecule has 0 radical (unpaired) electrons. The number of anilines is 2. The largest absolute Gasteiger partial charge is 0.496 e. The van der Waals surface area contributed by atoms with E-state index in [4.69, 9.17) is 10.5 Å². The minimum Gasteiger partial charge on any atom is -0.496 e. The van der Waals surface area contributed by atoms with Gasteiger partial charge >= 0.3 is 0 Å². The highest BCUT2D eigenvalue weighted by atomic mass is 16.6. The van der Waals surface area contributed by atoms with Crippen LogP contribution < -0.4 is 15.4 Å². The molecule has 110 valence electrons. The molecule has 2 N–H and O–H groups in total. The molecule has 0 atom stereocenters. The van der Waals surface area contributed by atoms with Crippen molar-refractivity contribution in [2.45, 2.75) is 6.54 Å². The number of pyridine rings is 1. The van der Waals surface area contributed by atoms with E-state index in [-0.39, 0.29) is 11.5 Å². The summed E-state index contributed by atoms with van der Waals surface area (Å²) in [7, 11) is 3.39. The lowest BCUT2D eigenvalue weighted by Gasteiger charge is -2.19. The number of rotatable bonds is 5. The van der Waals surface area contributed by atoms with Crippen LogP contribution in [0.1, 0.15) is 5.56 Å². The van der Waals surface area contributed by atoms with Crippen molar-refractivity contribution in [2.24, 2.45) is 0 Å². The van der Waals surface area contributed by atoms with Gasteiger partial charge in [0.1, 0.15) is 17.4 Å². The molecule has 0 saturated heterocycles. The average Bonchev–Trinajstić information content (AvgIpc) is 2.47. The van der Waals surface area contributed by atoms with Crippen LogP contribution in [-0.2, 0) is 6.54 Å². The average molecular weight is 288 g/mol. The van der Waals surface area contributed by atoms with E-state index in [0.717, 1.165) is 11.3 Å². The summed E-state index contributed by atoms with van der Waals surface area (Å²) in [6, 6.07) is 10.2. The Bertz CT molecular complexity index is 660. The molecule has 2 aromatic rings. The molecule has 0 aliphatic rings. The van der Waals surface area contributed by atoms with Crippen LogP contribution in [0.15, 0.2) is 36.4 Å². The lowest BCUT2D eigenvalue weighted by atomic mass is 10.2. The number of nitrogens with two attached hydrogens (primary N) is 1. The Balaban J connectivity index is 2.28. The predicted molar refractivity (Wildman–Crippen MR) is 80.4 cm³/mol. The molecule has 7 nitrogen and oxygen atoms in total. The van der Waals surface area contributed by atoms with Gasteiger partial charge in [0.05, 0.1) is 24.2 Å². The minimum absolute atomic E-state index is 0.0793. The first-order valence-corrected chi connectivity index (χ1v) is 6.26. The number of nitrogen functional groups attached to an aromatic ring is 1. The Kier molecular flexibility index (Phi) is 4.22. The second-order valence-corrected chi connectivity index (χ2v) is 4.53. The second-order valence-electron chi connectivity index (χ2n) is 4.53. The number of methoxy groups -OCH3 is 1. The summed E-state index contributed by atoms with van der Waals surface area (Å²) in [6.45, 7) is 0.498. The molecule has 2 rings (SSSR count). The molecule has 0 aliphatic heterocycles. The molecule has 0 bridgehead atoms. The molecular weight excluding hydrogens is 272 g/mol. The number of benzene rings is 1. The minimum atomic E-state index is -0.488. The molecule has 0 spiro atoms. The van der Waals surface area contributed by atoms with Gasteiger partial charge in [0, 0.05) is 19.2 Å². The summed E-state index contributed by atoms with van der Waals surface area (Å²) >= 11 is 0. The van der Waals surface area contributed by atoms with Gasteiger partial charge in [0.15, 0.2) is 0 Å². The van der Waals surface area contributed by atoms with Gasteiger partial charge in [0.25, 0.3) is 5.69 Å². The highest BCUT2D eigenvalue weighted by Gasteiger charge is 2.14. The van der Waals surface area contributed by atoms with Crippen LogP contribution in [0.4, 0.5) is 17.3 Å². The maximum atomic E-state index is 10.9. The zero-order chi connectivity index (χ0) is 15.4. The van der Waals surface area contributed by atoms with Crippen molar-refractivity contribution in [1.82, 2.24) is 4.98 Å². The Hall–Kier alpha value is -2.83. The first-order valence-electron chi connectivity index (χ1n) is 6.26. The fraction of sp³-hybridized carbons (Fsp3) is 0.214. The van der Waals surface area contributed by atoms with Gasteiger partial charge in [-0.2, -0.15) is 0 Å². The lowest BCUT2D eigenvalue weighted by Crippen LogP contribution is -2.18. The van der Waals surface area contributed by atoms with E-state index in [2.05, 4.69) is 4.98 Å². The third-order valence-electron chi connectivity index (χ3n) is 3.02. The van der Waals surface area contributed by atoms with Crippen LogP contribution in [0.5, 0.6) is 5.75 Å². The molecule has 0 aliphatic carbocycles. The number of nitro groups is 1. The quantitative estimate of drug-likeness (QED) is 0.669. The van der Waals surface area contributed by atoms with Gasteiger partial charge in [-0.05, 0) is 6.07 Å². The number of para-hydroxylation sites is 1. The van der Waals surface area contributed by atoms with Crippen molar-refractivity contribution >= 4 is 17.3 Å². The third-order valence-corrected chi connectivity index (χ3v) is 3.02. The normalized spacial score (nSPS) is 10.2. The van der Waals surface area contributed by atoms with E-state index in [1.54, 1.807) is 19.1 Å². The Morgan fingerprint density at radius 2 is 2.10 bits per heavy atom. The van der Waals surface area contributed by atoms with E-state index in [9.17, 15) is 10.1 Å². The van der Waals surface area contributed by atoms with Gasteiger partial charge in [-0.15, -0.1) is 0 Å². The van der Waals surface area contributed by atoms with Gasteiger partial charge in [0.2, 0.25) is 0 Å². The predicted octanol–water partition coefficient (Wildman–Crippen LogP) is 2.22. The van der Waals surface area contributed by atoms with Crippen molar-refractivity contribution in [2.75, 3.05) is 24.8 Å². The standard InChI is InChI=1S/C14H16N4O3/c1-17(9-10-5-3-4-6-12(10)21-2)14-8-11(18(19)20)7-13(15)16-14/h3-8H,9H2,1-2H3,(H2,15,16). The fourth-order valence-electron chi connectivity index (χ4n) is 1.99. The molecule has 1 aromatic carbocycles. The van der Waals surface area contributed by atoms with Crippen LogP contribution >= 0.6 is 0 Å². The molecular formula is C14H16N4O3. The number of aromatic nitrogens is 1.